The molecule has 0 aromatic heterocycles. The van der Waals surface area contributed by atoms with Gasteiger partial charge in [-0.15, -0.1) is 0 Å². The molecule has 0 unspecified atom stereocenters. The van der Waals surface area contributed by atoms with Crippen LogP contribution >= 0.6 is 0 Å². The maximum atomic E-state index is 12.4. The second-order valence-electron chi connectivity index (χ2n) is 6.82. The SMILES string of the molecule is N=C(N)NC[C@H]1CC[C@H](C(=O)Oc2ccc(-c3ccccc3)cc2)CC1. The van der Waals surface area contributed by atoms with Crippen molar-refractivity contribution in [2.24, 2.45) is 17.6 Å². The van der Waals surface area contributed by atoms with Crippen molar-refractivity contribution < 1.29 is 9.53 Å². The molecule has 0 aliphatic heterocycles. The minimum absolute atomic E-state index is 0.00508. The standard InChI is InChI=1S/C21H25N3O2/c22-21(23)24-14-15-6-8-18(9-7-15)20(25)26-19-12-10-17(11-13-19)16-4-2-1-3-5-16/h1-5,10-13,15,18H,6-9,14H2,(H4,22,23,24)/t15-,18-. The summed E-state index contributed by atoms with van der Waals surface area (Å²) in [5.41, 5.74) is 7.56. The third-order valence-corrected chi connectivity index (χ3v) is 4.94. The minimum Gasteiger partial charge on any atom is -0.426 e. The molecule has 5 nitrogen and oxygen atoms in total. The van der Waals surface area contributed by atoms with Gasteiger partial charge >= 0.3 is 5.97 Å². The molecule has 0 saturated heterocycles. The summed E-state index contributed by atoms with van der Waals surface area (Å²) in [5.74, 6) is 0.876. The molecule has 0 amide bonds. The fourth-order valence-electron chi connectivity index (χ4n) is 3.40. The smallest absolute Gasteiger partial charge is 0.314 e. The van der Waals surface area contributed by atoms with Gasteiger partial charge in [0.25, 0.3) is 0 Å². The first kappa shape index (κ1) is 18.0. The van der Waals surface area contributed by atoms with Crippen LogP contribution in [0.25, 0.3) is 11.1 Å². The quantitative estimate of drug-likeness (QED) is 0.333. The summed E-state index contributed by atoms with van der Waals surface area (Å²) in [6.07, 6.45) is 3.55. The van der Waals surface area contributed by atoms with Crippen LogP contribution < -0.4 is 15.8 Å². The van der Waals surface area contributed by atoms with Gasteiger partial charge in [-0.3, -0.25) is 10.2 Å². The number of benzene rings is 2. The second-order valence-corrected chi connectivity index (χ2v) is 6.82. The molecule has 5 heteroatoms. The summed E-state index contributed by atoms with van der Waals surface area (Å²) >= 11 is 0. The van der Waals surface area contributed by atoms with E-state index >= 15 is 0 Å². The largest absolute Gasteiger partial charge is 0.426 e. The van der Waals surface area contributed by atoms with Gasteiger partial charge in [0.15, 0.2) is 5.96 Å². The Hall–Kier alpha value is -2.82. The number of esters is 1. The zero-order chi connectivity index (χ0) is 18.4. The van der Waals surface area contributed by atoms with Gasteiger partial charge in [0.05, 0.1) is 5.92 Å². The Bertz CT molecular complexity index is 736. The van der Waals surface area contributed by atoms with E-state index in [2.05, 4.69) is 17.4 Å². The number of hydrogen-bond donors (Lipinski definition) is 3. The third kappa shape index (κ3) is 4.85. The Labute approximate surface area is 154 Å². The Morgan fingerprint density at radius 2 is 1.62 bits per heavy atom. The number of hydrogen-bond acceptors (Lipinski definition) is 3. The van der Waals surface area contributed by atoms with Crippen molar-refractivity contribution >= 4 is 11.9 Å². The summed E-state index contributed by atoms with van der Waals surface area (Å²) in [7, 11) is 0. The number of rotatable bonds is 5. The highest BCUT2D eigenvalue weighted by atomic mass is 16.5. The molecule has 1 fully saturated rings. The molecule has 0 atom stereocenters. The molecule has 0 heterocycles. The number of nitrogens with two attached hydrogens (primary N) is 1. The zero-order valence-corrected chi connectivity index (χ0v) is 14.8. The number of carbonyl (C=O) groups is 1. The fourth-order valence-corrected chi connectivity index (χ4v) is 3.40. The molecule has 0 bridgehead atoms. The van der Waals surface area contributed by atoms with Gasteiger partial charge in [0, 0.05) is 6.54 Å². The van der Waals surface area contributed by atoms with Crippen LogP contribution in [0, 0.1) is 17.2 Å². The van der Waals surface area contributed by atoms with Crippen LogP contribution in [-0.4, -0.2) is 18.5 Å². The Kier molecular flexibility index (Phi) is 5.89. The van der Waals surface area contributed by atoms with E-state index in [4.69, 9.17) is 15.9 Å². The van der Waals surface area contributed by atoms with E-state index in [-0.39, 0.29) is 17.8 Å². The van der Waals surface area contributed by atoms with Crippen molar-refractivity contribution in [1.82, 2.24) is 5.32 Å². The monoisotopic (exact) mass is 351 g/mol. The van der Waals surface area contributed by atoms with Crippen LogP contribution in [0.3, 0.4) is 0 Å². The zero-order valence-electron chi connectivity index (χ0n) is 14.8. The maximum Gasteiger partial charge on any atom is 0.314 e. The van der Waals surface area contributed by atoms with Gasteiger partial charge in [0.2, 0.25) is 0 Å². The average Bonchev–Trinajstić information content (AvgIpc) is 2.68. The number of guanidine groups is 1. The molecule has 136 valence electrons. The lowest BCUT2D eigenvalue weighted by atomic mass is 9.82. The molecule has 2 aromatic carbocycles. The summed E-state index contributed by atoms with van der Waals surface area (Å²) in [5, 5.41) is 10.1. The first-order valence-corrected chi connectivity index (χ1v) is 9.07. The molecule has 1 aliphatic rings. The van der Waals surface area contributed by atoms with Gasteiger partial charge in [0.1, 0.15) is 5.75 Å². The lowest BCUT2D eigenvalue weighted by Gasteiger charge is -2.27. The van der Waals surface area contributed by atoms with Crippen molar-refractivity contribution in [3.8, 4) is 16.9 Å². The summed E-state index contributed by atoms with van der Waals surface area (Å²) in [6, 6.07) is 17.8. The van der Waals surface area contributed by atoms with Crippen molar-refractivity contribution in [3.63, 3.8) is 0 Å². The second kappa shape index (κ2) is 8.52. The number of carbonyl (C=O) groups excluding carboxylic acids is 1. The fraction of sp³-hybridized carbons (Fsp3) is 0.333. The van der Waals surface area contributed by atoms with Gasteiger partial charge in [-0.1, -0.05) is 42.5 Å². The van der Waals surface area contributed by atoms with Crippen LogP contribution in [0.2, 0.25) is 0 Å². The maximum absolute atomic E-state index is 12.4. The van der Waals surface area contributed by atoms with E-state index in [1.165, 1.54) is 0 Å². The number of nitrogens with one attached hydrogen (secondary N) is 2. The van der Waals surface area contributed by atoms with Gasteiger partial charge in [-0.05, 0) is 54.9 Å². The predicted octanol–water partition coefficient (Wildman–Crippen LogP) is 3.55. The molecule has 0 spiro atoms. The molecule has 0 radical (unpaired) electrons. The topological polar surface area (TPSA) is 88.2 Å². The first-order chi connectivity index (χ1) is 12.6. The molecule has 1 aliphatic carbocycles. The third-order valence-electron chi connectivity index (χ3n) is 4.94. The first-order valence-electron chi connectivity index (χ1n) is 9.07. The van der Waals surface area contributed by atoms with E-state index in [1.807, 2.05) is 42.5 Å². The predicted molar refractivity (Wildman–Crippen MR) is 103 cm³/mol. The van der Waals surface area contributed by atoms with Crippen LogP contribution in [-0.2, 0) is 4.79 Å². The molecule has 2 aromatic rings. The van der Waals surface area contributed by atoms with Gasteiger partial charge in [-0.2, -0.15) is 0 Å². The van der Waals surface area contributed by atoms with Crippen LogP contribution in [0.15, 0.2) is 54.6 Å². The van der Waals surface area contributed by atoms with E-state index in [1.54, 1.807) is 0 Å². The molecular weight excluding hydrogens is 326 g/mol. The normalized spacial score (nSPS) is 19.5. The van der Waals surface area contributed by atoms with E-state index in [0.717, 1.165) is 36.8 Å². The molecule has 3 rings (SSSR count). The lowest BCUT2D eigenvalue weighted by molar-refractivity contribution is -0.140. The average molecular weight is 351 g/mol. The molecule has 1 saturated carbocycles. The highest BCUT2D eigenvalue weighted by Crippen LogP contribution is 2.30. The van der Waals surface area contributed by atoms with Crippen molar-refractivity contribution in [3.05, 3.63) is 54.6 Å². The molecular formula is C21H25N3O2. The Morgan fingerprint density at radius 3 is 2.23 bits per heavy atom. The van der Waals surface area contributed by atoms with Crippen molar-refractivity contribution in [1.29, 1.82) is 5.41 Å². The lowest BCUT2D eigenvalue weighted by Crippen LogP contribution is -2.36. The highest BCUT2D eigenvalue weighted by Gasteiger charge is 2.27. The molecule has 4 N–H and O–H groups in total. The summed E-state index contributed by atoms with van der Waals surface area (Å²) < 4.78 is 5.57. The van der Waals surface area contributed by atoms with E-state index in [0.29, 0.717) is 18.2 Å². The van der Waals surface area contributed by atoms with Gasteiger partial charge < -0.3 is 15.8 Å². The van der Waals surface area contributed by atoms with Crippen LogP contribution in [0.1, 0.15) is 25.7 Å². The van der Waals surface area contributed by atoms with Crippen molar-refractivity contribution in [2.45, 2.75) is 25.7 Å². The van der Waals surface area contributed by atoms with Crippen LogP contribution in [0.4, 0.5) is 0 Å². The van der Waals surface area contributed by atoms with Crippen molar-refractivity contribution in [2.75, 3.05) is 6.54 Å². The summed E-state index contributed by atoms with van der Waals surface area (Å²) in [4.78, 5) is 12.4. The Balaban J connectivity index is 1.50. The van der Waals surface area contributed by atoms with Gasteiger partial charge in [-0.25, -0.2) is 0 Å². The Morgan fingerprint density at radius 1 is 1.00 bits per heavy atom. The van der Waals surface area contributed by atoms with E-state index in [9.17, 15) is 4.79 Å². The molecule has 26 heavy (non-hydrogen) atoms. The van der Waals surface area contributed by atoms with E-state index < -0.39 is 0 Å². The number of ether oxygens (including phenoxy) is 1. The minimum atomic E-state index is -0.143. The van der Waals surface area contributed by atoms with Crippen LogP contribution in [0.5, 0.6) is 5.75 Å². The summed E-state index contributed by atoms with van der Waals surface area (Å²) in [6.45, 7) is 0.706. The highest BCUT2D eigenvalue weighted by molar-refractivity contribution is 5.76.